The molecule has 30 heavy (non-hydrogen) atoms. The van der Waals surface area contributed by atoms with Gasteiger partial charge in [0.2, 0.25) is 0 Å². The molecule has 3 aromatic rings. The van der Waals surface area contributed by atoms with Crippen molar-refractivity contribution in [2.75, 3.05) is 32.1 Å². The van der Waals surface area contributed by atoms with Crippen LogP contribution in [0.15, 0.2) is 42.5 Å². The van der Waals surface area contributed by atoms with Crippen molar-refractivity contribution in [2.24, 2.45) is 0 Å². The summed E-state index contributed by atoms with van der Waals surface area (Å²) < 4.78 is 27.8. The van der Waals surface area contributed by atoms with Crippen molar-refractivity contribution in [1.82, 2.24) is 9.88 Å². The minimum Gasteiger partial charge on any atom is -0.308 e. The first-order valence-corrected chi connectivity index (χ1v) is 9.70. The van der Waals surface area contributed by atoms with Gasteiger partial charge in [-0.15, -0.1) is 0 Å². The Morgan fingerprint density at radius 1 is 1.23 bits per heavy atom. The van der Waals surface area contributed by atoms with Crippen LogP contribution < -0.4 is 4.90 Å². The highest BCUT2D eigenvalue weighted by molar-refractivity contribution is 7.22. The lowest BCUT2D eigenvalue weighted by atomic mass is 10.2. The highest BCUT2D eigenvalue weighted by Crippen LogP contribution is 2.31. The van der Waals surface area contributed by atoms with Crippen molar-refractivity contribution in [3.8, 4) is 0 Å². The lowest BCUT2D eigenvalue weighted by Crippen LogP contribution is -2.35. The van der Waals surface area contributed by atoms with Gasteiger partial charge < -0.3 is 4.90 Å². The van der Waals surface area contributed by atoms with Crippen molar-refractivity contribution >= 4 is 44.4 Å². The molecule has 0 radical (unpaired) electrons. The number of nitro groups is 1. The molecule has 0 N–H and O–H groups in total. The number of nitro benzene ring substituents is 1. The predicted octanol–water partition coefficient (Wildman–Crippen LogP) is 4.09. The Morgan fingerprint density at radius 3 is 2.70 bits per heavy atom. The van der Waals surface area contributed by atoms with Crippen molar-refractivity contribution < 1.29 is 18.5 Å². The molecule has 3 rings (SSSR count). The molecular weight excluding hydrogens is 414 g/mol. The van der Waals surface area contributed by atoms with Crippen molar-refractivity contribution in [3.05, 3.63) is 69.8 Å². The average molecular weight is 432 g/mol. The van der Waals surface area contributed by atoms with Gasteiger partial charge in [0.25, 0.3) is 11.6 Å². The maximum atomic E-state index is 14.0. The summed E-state index contributed by atoms with van der Waals surface area (Å²) >= 11 is 1.01. The molecule has 0 aliphatic carbocycles. The number of nitrogens with zero attached hydrogens (tertiary/aromatic N) is 4. The maximum absolute atomic E-state index is 14.0. The monoisotopic (exact) mass is 432 g/mol. The van der Waals surface area contributed by atoms with E-state index in [1.807, 2.05) is 19.0 Å². The van der Waals surface area contributed by atoms with Gasteiger partial charge in [0.05, 0.1) is 9.62 Å². The zero-order valence-electron chi connectivity index (χ0n) is 16.2. The first kappa shape index (κ1) is 21.5. The molecular formula is C20H18F2N4O3S. The Hall–Kier alpha value is -3.24. The van der Waals surface area contributed by atoms with Gasteiger partial charge in [-0.3, -0.25) is 19.8 Å². The van der Waals surface area contributed by atoms with Crippen molar-refractivity contribution in [2.45, 2.75) is 0 Å². The van der Waals surface area contributed by atoms with Crippen LogP contribution in [0.1, 0.15) is 5.56 Å². The summed E-state index contributed by atoms with van der Waals surface area (Å²) in [4.78, 5) is 30.7. The fourth-order valence-corrected chi connectivity index (χ4v) is 3.70. The van der Waals surface area contributed by atoms with Gasteiger partial charge in [-0.25, -0.2) is 13.8 Å². The zero-order chi connectivity index (χ0) is 21.8. The number of non-ortho nitro benzene ring substituents is 1. The third kappa shape index (κ3) is 5.02. The van der Waals surface area contributed by atoms with Crippen LogP contribution in [-0.4, -0.2) is 47.9 Å². The topological polar surface area (TPSA) is 79.6 Å². The fraction of sp³-hybridized carbons (Fsp3) is 0.200. The number of hydrogen-bond acceptors (Lipinski definition) is 6. The molecule has 1 aromatic heterocycles. The minimum atomic E-state index is -0.792. The van der Waals surface area contributed by atoms with Crippen LogP contribution in [-0.2, 0) is 4.79 Å². The molecule has 0 unspecified atom stereocenters. The number of thiazole rings is 1. The van der Waals surface area contributed by atoms with E-state index in [4.69, 9.17) is 0 Å². The van der Waals surface area contributed by atoms with Gasteiger partial charge in [0.15, 0.2) is 10.9 Å². The quantitative estimate of drug-likeness (QED) is 0.319. The number of amides is 1. The number of fused-ring (bicyclic) bond motifs is 1. The Labute approximate surface area is 175 Å². The molecule has 0 saturated carbocycles. The number of benzene rings is 2. The van der Waals surface area contributed by atoms with E-state index in [9.17, 15) is 23.7 Å². The number of likely N-dealkylation sites (N-methyl/N-ethyl adjacent to an activating group) is 1. The second kappa shape index (κ2) is 9.06. The summed E-state index contributed by atoms with van der Waals surface area (Å²) in [5, 5.41) is 11.1. The molecule has 0 aliphatic rings. The first-order chi connectivity index (χ1) is 14.2. The first-order valence-electron chi connectivity index (χ1n) is 8.89. The standard InChI is InChI=1S/C20H18F2N4O3S/c1-24(2)8-9-25(20-23-19-16(22)11-14(21)12-17(19)30-20)18(27)7-6-13-4-3-5-15(10-13)26(28)29/h3-7,10-12H,8-9H2,1-2H3. The summed E-state index contributed by atoms with van der Waals surface area (Å²) in [5.41, 5.74) is 0.405. The Bertz CT molecular complexity index is 1130. The second-order valence-corrected chi connectivity index (χ2v) is 7.72. The SMILES string of the molecule is CN(C)CCN(C(=O)C=Cc1cccc([N+](=O)[O-])c1)c1nc2c(F)cc(F)cc2s1. The molecule has 10 heteroatoms. The summed E-state index contributed by atoms with van der Waals surface area (Å²) in [6.45, 7) is 0.790. The van der Waals surface area contributed by atoms with Gasteiger partial charge in [-0.1, -0.05) is 23.5 Å². The summed E-state index contributed by atoms with van der Waals surface area (Å²) in [7, 11) is 3.68. The van der Waals surface area contributed by atoms with E-state index in [0.29, 0.717) is 16.8 Å². The molecule has 156 valence electrons. The Balaban J connectivity index is 1.91. The van der Waals surface area contributed by atoms with Crippen LogP contribution in [0, 0.1) is 21.7 Å². The normalized spacial score (nSPS) is 11.5. The lowest BCUT2D eigenvalue weighted by molar-refractivity contribution is -0.384. The highest BCUT2D eigenvalue weighted by atomic mass is 32.1. The minimum absolute atomic E-state index is 0.00159. The smallest absolute Gasteiger partial charge is 0.270 e. The van der Waals surface area contributed by atoms with E-state index in [1.54, 1.807) is 6.07 Å². The molecule has 2 aromatic carbocycles. The lowest BCUT2D eigenvalue weighted by Gasteiger charge is -2.20. The molecule has 0 aliphatic heterocycles. The number of anilines is 1. The Morgan fingerprint density at radius 2 is 2.00 bits per heavy atom. The van der Waals surface area contributed by atoms with Crippen molar-refractivity contribution in [1.29, 1.82) is 0 Å². The van der Waals surface area contributed by atoms with E-state index in [2.05, 4.69) is 4.98 Å². The molecule has 1 heterocycles. The number of aromatic nitrogens is 1. The van der Waals surface area contributed by atoms with Gasteiger partial charge in [0, 0.05) is 37.4 Å². The number of halogens is 2. The predicted molar refractivity (Wildman–Crippen MR) is 113 cm³/mol. The van der Waals surface area contributed by atoms with Crippen LogP contribution in [0.3, 0.4) is 0 Å². The number of carbonyl (C=O) groups is 1. The Kier molecular flexibility index (Phi) is 6.48. The molecule has 0 bridgehead atoms. The van der Waals surface area contributed by atoms with E-state index in [1.165, 1.54) is 41.3 Å². The van der Waals surface area contributed by atoms with Gasteiger partial charge in [0.1, 0.15) is 11.3 Å². The average Bonchev–Trinajstić information content (AvgIpc) is 3.10. The van der Waals surface area contributed by atoms with Crippen LogP contribution in [0.25, 0.3) is 16.3 Å². The number of carbonyl (C=O) groups excluding carboxylic acids is 1. The van der Waals surface area contributed by atoms with Crippen LogP contribution >= 0.6 is 11.3 Å². The zero-order valence-corrected chi connectivity index (χ0v) is 17.0. The number of hydrogen-bond donors (Lipinski definition) is 0. The third-order valence-electron chi connectivity index (χ3n) is 4.17. The van der Waals surface area contributed by atoms with Gasteiger partial charge in [-0.05, 0) is 31.8 Å². The van der Waals surface area contributed by atoms with Crippen LogP contribution in [0.5, 0.6) is 0 Å². The number of rotatable bonds is 7. The molecule has 7 nitrogen and oxygen atoms in total. The maximum Gasteiger partial charge on any atom is 0.270 e. The summed E-state index contributed by atoms with van der Waals surface area (Å²) in [6.07, 6.45) is 2.74. The molecule has 1 amide bonds. The highest BCUT2D eigenvalue weighted by Gasteiger charge is 2.20. The summed E-state index contributed by atoms with van der Waals surface area (Å²) in [5.74, 6) is -1.94. The molecule has 0 saturated heterocycles. The second-order valence-electron chi connectivity index (χ2n) is 6.71. The van der Waals surface area contributed by atoms with Gasteiger partial charge in [-0.2, -0.15) is 0 Å². The van der Waals surface area contributed by atoms with Crippen LogP contribution in [0.4, 0.5) is 19.6 Å². The largest absolute Gasteiger partial charge is 0.308 e. The van der Waals surface area contributed by atoms with E-state index >= 15 is 0 Å². The van der Waals surface area contributed by atoms with E-state index < -0.39 is 22.5 Å². The van der Waals surface area contributed by atoms with E-state index in [0.717, 1.165) is 17.4 Å². The van der Waals surface area contributed by atoms with E-state index in [-0.39, 0.29) is 22.9 Å². The fourth-order valence-electron chi connectivity index (χ4n) is 2.66. The molecule has 0 atom stereocenters. The van der Waals surface area contributed by atoms with Crippen molar-refractivity contribution in [3.63, 3.8) is 0 Å². The third-order valence-corrected chi connectivity index (χ3v) is 5.19. The van der Waals surface area contributed by atoms with Crippen LogP contribution in [0.2, 0.25) is 0 Å². The van der Waals surface area contributed by atoms with Gasteiger partial charge >= 0.3 is 0 Å². The summed E-state index contributed by atoms with van der Waals surface area (Å²) in [6, 6.07) is 7.79. The molecule has 0 spiro atoms. The molecule has 0 fully saturated rings.